The van der Waals surface area contributed by atoms with Crippen LogP contribution in [0.3, 0.4) is 0 Å². The van der Waals surface area contributed by atoms with E-state index in [4.69, 9.17) is 5.73 Å². The first-order valence-corrected chi connectivity index (χ1v) is 7.32. The van der Waals surface area contributed by atoms with Gasteiger partial charge in [-0.2, -0.15) is 0 Å². The molecule has 122 valence electrons. The molecule has 6 nitrogen and oxygen atoms in total. The molecule has 1 fully saturated rings. The van der Waals surface area contributed by atoms with Crippen LogP contribution >= 0.6 is 0 Å². The average molecular weight is 319 g/mol. The quantitative estimate of drug-likeness (QED) is 0.696. The van der Waals surface area contributed by atoms with E-state index in [0.29, 0.717) is 13.0 Å². The van der Waals surface area contributed by atoms with E-state index in [2.05, 4.69) is 10.6 Å². The zero-order valence-electron chi connectivity index (χ0n) is 12.5. The number of rotatable bonds is 5. The number of amides is 3. The summed E-state index contributed by atoms with van der Waals surface area (Å²) in [6, 6.07) is 3.61. The predicted molar refractivity (Wildman–Crippen MR) is 82.7 cm³/mol. The molecule has 0 bridgehead atoms. The zero-order valence-corrected chi connectivity index (χ0v) is 12.5. The van der Waals surface area contributed by atoms with Crippen LogP contribution in [0.1, 0.15) is 35.2 Å². The lowest BCUT2D eigenvalue weighted by Crippen LogP contribution is -2.52. The molecule has 1 aliphatic rings. The molecule has 1 aromatic rings. The molecule has 1 unspecified atom stereocenters. The van der Waals surface area contributed by atoms with Crippen molar-refractivity contribution in [3.63, 3.8) is 0 Å². The van der Waals surface area contributed by atoms with Gasteiger partial charge < -0.3 is 11.1 Å². The van der Waals surface area contributed by atoms with Crippen LogP contribution in [0, 0.1) is 5.82 Å². The maximum Gasteiger partial charge on any atom is 0.254 e. The summed E-state index contributed by atoms with van der Waals surface area (Å²) in [5.74, 6) is -2.30. The Morgan fingerprint density at radius 2 is 2.22 bits per heavy atom. The molecule has 1 aromatic carbocycles. The van der Waals surface area contributed by atoms with Gasteiger partial charge in [-0.05, 0) is 25.5 Å². The van der Waals surface area contributed by atoms with Gasteiger partial charge in [-0.15, -0.1) is 0 Å². The third kappa shape index (κ3) is 4.23. The Hall–Kier alpha value is -2.54. The van der Waals surface area contributed by atoms with E-state index in [-0.39, 0.29) is 29.9 Å². The molecule has 1 atom stereocenters. The number of imide groups is 1. The number of carbonyl (C=O) groups excluding carboxylic acids is 3. The van der Waals surface area contributed by atoms with Gasteiger partial charge in [-0.25, -0.2) is 4.39 Å². The monoisotopic (exact) mass is 319 g/mol. The minimum absolute atomic E-state index is 0.140. The van der Waals surface area contributed by atoms with Crippen LogP contribution in [0.2, 0.25) is 0 Å². The van der Waals surface area contributed by atoms with Crippen LogP contribution < -0.4 is 16.4 Å². The fourth-order valence-electron chi connectivity index (χ4n) is 2.23. The van der Waals surface area contributed by atoms with Crippen LogP contribution in [0.25, 0.3) is 6.08 Å². The number of nitrogens with one attached hydrogen (secondary N) is 2. The number of halogens is 1. The zero-order chi connectivity index (χ0) is 16.8. The molecule has 1 aliphatic heterocycles. The Labute approximate surface area is 132 Å². The van der Waals surface area contributed by atoms with Crippen molar-refractivity contribution in [3.8, 4) is 0 Å². The number of hydrogen-bond acceptors (Lipinski definition) is 4. The second-order valence-electron chi connectivity index (χ2n) is 5.17. The lowest BCUT2D eigenvalue weighted by molar-refractivity contribution is -0.134. The normalized spacial score (nSPS) is 18.1. The number of piperidine rings is 1. The van der Waals surface area contributed by atoms with Gasteiger partial charge in [0, 0.05) is 12.0 Å². The molecular formula is C16H18FN3O3. The van der Waals surface area contributed by atoms with Gasteiger partial charge in [0.25, 0.3) is 5.91 Å². The molecule has 4 N–H and O–H groups in total. The van der Waals surface area contributed by atoms with Crippen molar-refractivity contribution < 1.29 is 18.8 Å². The van der Waals surface area contributed by atoms with E-state index in [0.717, 1.165) is 0 Å². The third-order valence-electron chi connectivity index (χ3n) is 3.45. The molecule has 0 radical (unpaired) electrons. The largest absolute Gasteiger partial charge is 0.340 e. The molecule has 2 rings (SSSR count). The van der Waals surface area contributed by atoms with Gasteiger partial charge in [-0.1, -0.05) is 24.3 Å². The minimum Gasteiger partial charge on any atom is -0.340 e. The molecule has 0 spiro atoms. The maximum atomic E-state index is 14.4. The van der Waals surface area contributed by atoms with Crippen molar-refractivity contribution in [2.45, 2.75) is 25.3 Å². The first-order chi connectivity index (χ1) is 11.0. The van der Waals surface area contributed by atoms with Crippen LogP contribution in [0.4, 0.5) is 4.39 Å². The Morgan fingerprint density at radius 3 is 2.91 bits per heavy atom. The number of nitrogens with two attached hydrogens (primary N) is 1. The highest BCUT2D eigenvalue weighted by Gasteiger charge is 2.28. The average Bonchev–Trinajstić information content (AvgIpc) is 2.52. The predicted octanol–water partition coefficient (Wildman–Crippen LogP) is 0.723. The summed E-state index contributed by atoms with van der Waals surface area (Å²) in [6.07, 6.45) is 4.23. The summed E-state index contributed by atoms with van der Waals surface area (Å²) >= 11 is 0. The maximum absolute atomic E-state index is 14.4. The highest BCUT2D eigenvalue weighted by Crippen LogP contribution is 2.16. The van der Waals surface area contributed by atoms with Gasteiger partial charge in [0.1, 0.15) is 11.9 Å². The van der Waals surface area contributed by atoms with Gasteiger partial charge in [0.2, 0.25) is 11.8 Å². The van der Waals surface area contributed by atoms with Crippen molar-refractivity contribution in [1.29, 1.82) is 0 Å². The highest BCUT2D eigenvalue weighted by atomic mass is 19.1. The minimum atomic E-state index is -0.837. The van der Waals surface area contributed by atoms with Crippen molar-refractivity contribution in [1.82, 2.24) is 10.6 Å². The van der Waals surface area contributed by atoms with E-state index in [9.17, 15) is 18.8 Å². The lowest BCUT2D eigenvalue weighted by Gasteiger charge is -2.22. The molecule has 1 saturated heterocycles. The Kier molecular flexibility index (Phi) is 5.59. The topological polar surface area (TPSA) is 101 Å². The number of carbonyl (C=O) groups is 3. The summed E-state index contributed by atoms with van der Waals surface area (Å²) in [5.41, 5.74) is 5.49. The van der Waals surface area contributed by atoms with E-state index < -0.39 is 23.7 Å². The van der Waals surface area contributed by atoms with Gasteiger partial charge in [0.05, 0.1) is 5.56 Å². The summed E-state index contributed by atoms with van der Waals surface area (Å²) in [6.45, 7) is 0.452. The molecule has 3 amide bonds. The van der Waals surface area contributed by atoms with Gasteiger partial charge >= 0.3 is 0 Å². The van der Waals surface area contributed by atoms with Crippen LogP contribution in [-0.4, -0.2) is 30.3 Å². The first kappa shape index (κ1) is 16.8. The summed E-state index contributed by atoms with van der Waals surface area (Å²) in [4.78, 5) is 34.9. The van der Waals surface area contributed by atoms with Crippen molar-refractivity contribution >= 4 is 23.8 Å². The molecular weight excluding hydrogens is 301 g/mol. The molecule has 0 aliphatic carbocycles. The fourth-order valence-corrected chi connectivity index (χ4v) is 2.23. The summed E-state index contributed by atoms with van der Waals surface area (Å²) in [5, 5.41) is 4.59. The van der Waals surface area contributed by atoms with E-state index in [1.165, 1.54) is 6.07 Å². The smallest absolute Gasteiger partial charge is 0.254 e. The van der Waals surface area contributed by atoms with Crippen LogP contribution in [-0.2, 0) is 9.59 Å². The van der Waals surface area contributed by atoms with E-state index in [1.807, 2.05) is 0 Å². The number of hydrogen-bond donors (Lipinski definition) is 3. The molecule has 0 aromatic heterocycles. The van der Waals surface area contributed by atoms with Crippen LogP contribution in [0.5, 0.6) is 0 Å². The van der Waals surface area contributed by atoms with Crippen LogP contribution in [0.15, 0.2) is 24.3 Å². The van der Waals surface area contributed by atoms with Crippen molar-refractivity contribution in [2.24, 2.45) is 5.73 Å². The Morgan fingerprint density at radius 1 is 1.43 bits per heavy atom. The summed E-state index contributed by atoms with van der Waals surface area (Å²) in [7, 11) is 0. The number of benzene rings is 1. The third-order valence-corrected chi connectivity index (χ3v) is 3.45. The standard InChI is InChI=1S/C16H18FN3O3/c17-14-10(4-1-2-9-18)5-3-6-11(14)15(22)19-12-7-8-13(21)20-16(12)23/h1,3-6,12H,2,7-9,18H2,(H,19,22)(H,20,21,23)/b4-1+. The van der Waals surface area contributed by atoms with Gasteiger partial charge in [-0.3, -0.25) is 19.7 Å². The Bertz CT molecular complexity index is 658. The first-order valence-electron chi connectivity index (χ1n) is 7.32. The molecule has 7 heteroatoms. The van der Waals surface area contributed by atoms with Crippen molar-refractivity contribution in [2.75, 3.05) is 6.54 Å². The van der Waals surface area contributed by atoms with Gasteiger partial charge in [0.15, 0.2) is 0 Å². The summed E-state index contributed by atoms with van der Waals surface area (Å²) < 4.78 is 14.4. The highest BCUT2D eigenvalue weighted by molar-refractivity contribution is 6.04. The molecule has 23 heavy (non-hydrogen) atoms. The molecule has 1 heterocycles. The Balaban J connectivity index is 2.12. The SMILES string of the molecule is NCC/C=C/c1cccc(C(=O)NC2CCC(=O)NC2=O)c1F. The van der Waals surface area contributed by atoms with Crippen molar-refractivity contribution in [3.05, 3.63) is 41.2 Å². The lowest BCUT2D eigenvalue weighted by atomic mass is 10.0. The second kappa shape index (κ2) is 7.64. The van der Waals surface area contributed by atoms with E-state index in [1.54, 1.807) is 24.3 Å². The fraction of sp³-hybridized carbons (Fsp3) is 0.312. The van der Waals surface area contributed by atoms with E-state index >= 15 is 0 Å². The second-order valence-corrected chi connectivity index (χ2v) is 5.17. The molecule has 0 saturated carbocycles.